The molecule has 1 unspecified atom stereocenters. The van der Waals surface area contributed by atoms with Crippen molar-refractivity contribution in [2.75, 3.05) is 0 Å². The molecular formula is C7H7FOS. The van der Waals surface area contributed by atoms with Gasteiger partial charge in [-0.3, -0.25) is 0 Å². The summed E-state index contributed by atoms with van der Waals surface area (Å²) in [7, 11) is 0. The summed E-state index contributed by atoms with van der Waals surface area (Å²) in [5.41, 5.74) is -1.54. The maximum atomic E-state index is 12.0. The highest BCUT2D eigenvalue weighted by Crippen LogP contribution is 2.12. The third-order valence-corrected chi connectivity index (χ3v) is 1.08. The van der Waals surface area contributed by atoms with Gasteiger partial charge in [-0.05, 0) is 12.1 Å². The van der Waals surface area contributed by atoms with Crippen molar-refractivity contribution in [2.24, 2.45) is 0 Å². The van der Waals surface area contributed by atoms with Gasteiger partial charge in [-0.25, -0.2) is 0 Å². The van der Waals surface area contributed by atoms with E-state index in [0.29, 0.717) is 5.75 Å². The molecule has 0 aromatic heterocycles. The number of hydrogen-bond acceptors (Lipinski definition) is 2. The summed E-state index contributed by atoms with van der Waals surface area (Å²) in [6.45, 7) is 0. The number of para-hydroxylation sites is 1. The average molecular weight is 158 g/mol. The molecule has 1 aromatic rings. The summed E-state index contributed by atoms with van der Waals surface area (Å²) in [6.07, 6.45) is 0. The number of ether oxygens (including phenoxy) is 1. The fraction of sp³-hybridized carbons (Fsp3) is 0.143. The molecule has 1 nitrogen and oxygen atoms in total. The van der Waals surface area contributed by atoms with Crippen molar-refractivity contribution in [1.29, 1.82) is 0 Å². The van der Waals surface area contributed by atoms with Gasteiger partial charge in [0.2, 0.25) is 0 Å². The van der Waals surface area contributed by atoms with E-state index in [2.05, 4.69) is 17.4 Å². The molecule has 1 atom stereocenters. The Balaban J connectivity index is 2.59. The van der Waals surface area contributed by atoms with Gasteiger partial charge in [0.1, 0.15) is 5.75 Å². The van der Waals surface area contributed by atoms with E-state index in [4.69, 9.17) is 0 Å². The number of benzene rings is 1. The normalized spacial score (nSPS) is 12.6. The summed E-state index contributed by atoms with van der Waals surface area (Å²) >= 11 is 3.42. The van der Waals surface area contributed by atoms with Gasteiger partial charge in [-0.15, -0.1) is 12.6 Å². The monoisotopic (exact) mass is 158 g/mol. The van der Waals surface area contributed by atoms with Gasteiger partial charge >= 0.3 is 0 Å². The third kappa shape index (κ3) is 2.27. The molecule has 10 heavy (non-hydrogen) atoms. The minimum Gasteiger partial charge on any atom is -0.451 e. The van der Waals surface area contributed by atoms with Gasteiger partial charge in [-0.1, -0.05) is 18.2 Å². The SMILES string of the molecule is FC(S)Oc1ccccc1. The van der Waals surface area contributed by atoms with E-state index in [9.17, 15) is 4.39 Å². The number of rotatable bonds is 2. The fourth-order valence-electron chi connectivity index (χ4n) is 0.611. The van der Waals surface area contributed by atoms with Crippen LogP contribution in [0.5, 0.6) is 5.75 Å². The molecule has 0 N–H and O–H groups in total. The van der Waals surface area contributed by atoms with Crippen LogP contribution in [-0.4, -0.2) is 5.69 Å². The molecule has 54 valence electrons. The Morgan fingerprint density at radius 2 is 1.90 bits per heavy atom. The molecule has 0 fully saturated rings. The van der Waals surface area contributed by atoms with Crippen LogP contribution < -0.4 is 4.74 Å². The van der Waals surface area contributed by atoms with Crippen molar-refractivity contribution >= 4 is 12.6 Å². The zero-order valence-corrected chi connectivity index (χ0v) is 6.09. The first kappa shape index (κ1) is 7.41. The molecule has 0 aliphatic carbocycles. The topological polar surface area (TPSA) is 9.23 Å². The van der Waals surface area contributed by atoms with Crippen LogP contribution in [0, 0.1) is 0 Å². The van der Waals surface area contributed by atoms with Crippen molar-refractivity contribution in [1.82, 2.24) is 0 Å². The first-order valence-corrected chi connectivity index (χ1v) is 3.34. The lowest BCUT2D eigenvalue weighted by Crippen LogP contribution is -1.99. The van der Waals surface area contributed by atoms with Crippen molar-refractivity contribution in [2.45, 2.75) is 5.69 Å². The lowest BCUT2D eigenvalue weighted by Gasteiger charge is -2.03. The van der Waals surface area contributed by atoms with Crippen molar-refractivity contribution in [3.05, 3.63) is 30.3 Å². The molecule has 0 aliphatic rings. The second kappa shape index (κ2) is 3.46. The molecule has 0 aliphatic heterocycles. The minimum absolute atomic E-state index is 0.491. The predicted molar refractivity (Wildman–Crippen MR) is 41.0 cm³/mol. The van der Waals surface area contributed by atoms with Gasteiger partial charge in [0.15, 0.2) is 0 Å². The first-order chi connectivity index (χ1) is 4.79. The van der Waals surface area contributed by atoms with Crippen LogP contribution in [-0.2, 0) is 0 Å². The number of halogens is 1. The Bertz CT molecular complexity index is 188. The van der Waals surface area contributed by atoms with Crippen LogP contribution in [0.4, 0.5) is 4.39 Å². The zero-order chi connectivity index (χ0) is 7.40. The summed E-state index contributed by atoms with van der Waals surface area (Å²) in [6, 6.07) is 8.71. The summed E-state index contributed by atoms with van der Waals surface area (Å²) in [4.78, 5) is 0. The van der Waals surface area contributed by atoms with E-state index in [-0.39, 0.29) is 0 Å². The van der Waals surface area contributed by atoms with Gasteiger partial charge < -0.3 is 4.74 Å². The van der Waals surface area contributed by atoms with Crippen molar-refractivity contribution in [3.8, 4) is 5.75 Å². The van der Waals surface area contributed by atoms with Crippen molar-refractivity contribution < 1.29 is 9.13 Å². The zero-order valence-electron chi connectivity index (χ0n) is 5.20. The summed E-state index contributed by atoms with van der Waals surface area (Å²) < 4.78 is 16.6. The predicted octanol–water partition coefficient (Wildman–Crippen LogP) is 2.25. The van der Waals surface area contributed by atoms with Gasteiger partial charge in [0.05, 0.1) is 0 Å². The Labute approximate surface area is 64.2 Å². The molecule has 0 heterocycles. The van der Waals surface area contributed by atoms with Crippen molar-refractivity contribution in [3.63, 3.8) is 0 Å². The standard InChI is InChI=1S/C7H7FOS/c8-7(10)9-6-4-2-1-3-5-6/h1-5,7,10H. The van der Waals surface area contributed by atoms with E-state index >= 15 is 0 Å². The Morgan fingerprint density at radius 1 is 1.30 bits per heavy atom. The van der Waals surface area contributed by atoms with E-state index in [1.165, 1.54) is 0 Å². The lowest BCUT2D eigenvalue weighted by atomic mass is 10.3. The molecule has 0 amide bonds. The van der Waals surface area contributed by atoms with E-state index in [0.717, 1.165) is 0 Å². The quantitative estimate of drug-likeness (QED) is 0.513. The van der Waals surface area contributed by atoms with Crippen LogP contribution in [0.1, 0.15) is 0 Å². The highest BCUT2D eigenvalue weighted by atomic mass is 32.1. The third-order valence-electron chi connectivity index (χ3n) is 0.977. The molecule has 1 aromatic carbocycles. The highest BCUT2D eigenvalue weighted by molar-refractivity contribution is 7.80. The fourth-order valence-corrected chi connectivity index (χ4v) is 0.733. The molecule has 1 rings (SSSR count). The smallest absolute Gasteiger partial charge is 0.283 e. The highest BCUT2D eigenvalue weighted by Gasteiger charge is 1.97. The molecule has 0 radical (unpaired) electrons. The Hall–Kier alpha value is -0.700. The van der Waals surface area contributed by atoms with Crippen LogP contribution in [0.25, 0.3) is 0 Å². The molecule has 0 bridgehead atoms. The molecular weight excluding hydrogens is 151 g/mol. The number of alkyl halides is 1. The molecule has 3 heteroatoms. The number of hydrogen-bond donors (Lipinski definition) is 1. The second-order valence-corrected chi connectivity index (χ2v) is 2.13. The Morgan fingerprint density at radius 3 is 2.40 bits per heavy atom. The van der Waals surface area contributed by atoms with E-state index in [1.54, 1.807) is 24.3 Å². The second-order valence-electron chi connectivity index (χ2n) is 1.72. The van der Waals surface area contributed by atoms with Gasteiger partial charge in [0.25, 0.3) is 5.69 Å². The lowest BCUT2D eigenvalue weighted by molar-refractivity contribution is 0.156. The molecule has 0 spiro atoms. The van der Waals surface area contributed by atoms with Gasteiger partial charge in [0, 0.05) is 0 Å². The molecule has 0 saturated carbocycles. The van der Waals surface area contributed by atoms with Crippen LogP contribution in [0.15, 0.2) is 30.3 Å². The maximum absolute atomic E-state index is 12.0. The van der Waals surface area contributed by atoms with Gasteiger partial charge in [-0.2, -0.15) is 4.39 Å². The summed E-state index contributed by atoms with van der Waals surface area (Å²) in [5.74, 6) is 0.491. The van der Waals surface area contributed by atoms with Crippen LogP contribution in [0.2, 0.25) is 0 Å². The summed E-state index contributed by atoms with van der Waals surface area (Å²) in [5, 5.41) is 0. The van der Waals surface area contributed by atoms with Crippen LogP contribution >= 0.6 is 12.6 Å². The van der Waals surface area contributed by atoms with Crippen LogP contribution in [0.3, 0.4) is 0 Å². The van der Waals surface area contributed by atoms with E-state index < -0.39 is 5.69 Å². The van der Waals surface area contributed by atoms with E-state index in [1.807, 2.05) is 6.07 Å². The average Bonchev–Trinajstić information content (AvgIpc) is 1.88. The largest absolute Gasteiger partial charge is 0.451 e. The minimum atomic E-state index is -1.54. The maximum Gasteiger partial charge on any atom is 0.283 e. The molecule has 0 saturated heterocycles. The Kier molecular flexibility index (Phi) is 2.57. The number of thiol groups is 1. The first-order valence-electron chi connectivity index (χ1n) is 2.83.